The van der Waals surface area contributed by atoms with E-state index in [4.69, 9.17) is 10.5 Å². The van der Waals surface area contributed by atoms with Gasteiger partial charge in [0, 0.05) is 27.3 Å². The zero-order valence-corrected chi connectivity index (χ0v) is 16.8. The van der Waals surface area contributed by atoms with Crippen LogP contribution >= 0.6 is 24.0 Å². The highest BCUT2D eigenvalue weighted by Crippen LogP contribution is 2.42. The Morgan fingerprint density at radius 1 is 1.26 bits per heavy atom. The second kappa shape index (κ2) is 7.03. The number of benzene rings is 2. The van der Waals surface area contributed by atoms with Gasteiger partial charge in [0.1, 0.15) is 10.4 Å². The third kappa shape index (κ3) is 2.94. The molecule has 4 rings (SSSR count). The van der Waals surface area contributed by atoms with Gasteiger partial charge in [0.05, 0.1) is 12.6 Å². The molecule has 2 aromatic carbocycles. The Bertz CT molecular complexity index is 1190. The Morgan fingerprint density at radius 3 is 2.67 bits per heavy atom. The van der Waals surface area contributed by atoms with E-state index in [1.165, 1.54) is 11.3 Å². The standard InChI is InChI=1S/C21H20N2O2S2/c1-3-14(22)11-4-6-12(7-5-11)17-15(25-2)10-16(26)19-18(17)13-8-9-27-20(13)21(24)23-19/h4-10,14,26H,3,22H2,1-2H3,(H,23,24)/t14-/m1/s1. The van der Waals surface area contributed by atoms with Gasteiger partial charge in [-0.15, -0.1) is 24.0 Å². The average molecular weight is 397 g/mol. The summed E-state index contributed by atoms with van der Waals surface area (Å²) in [7, 11) is 1.65. The molecule has 2 heterocycles. The minimum Gasteiger partial charge on any atom is -0.496 e. The quantitative estimate of drug-likeness (QED) is 0.420. The van der Waals surface area contributed by atoms with Crippen LogP contribution in [0.25, 0.3) is 32.1 Å². The van der Waals surface area contributed by atoms with E-state index in [-0.39, 0.29) is 11.6 Å². The van der Waals surface area contributed by atoms with Crippen molar-refractivity contribution >= 4 is 45.0 Å². The maximum absolute atomic E-state index is 12.4. The van der Waals surface area contributed by atoms with Crippen molar-refractivity contribution in [2.24, 2.45) is 5.73 Å². The molecule has 0 fully saturated rings. The minimum absolute atomic E-state index is 0.0254. The average Bonchev–Trinajstić information content (AvgIpc) is 3.18. The number of fused-ring (bicyclic) bond motifs is 3. The number of hydrogen-bond acceptors (Lipinski definition) is 5. The predicted octanol–water partition coefficient (Wildman–Crippen LogP) is 5.12. The Morgan fingerprint density at radius 2 is 2.00 bits per heavy atom. The van der Waals surface area contributed by atoms with Gasteiger partial charge in [0.25, 0.3) is 5.56 Å². The van der Waals surface area contributed by atoms with Crippen LogP contribution in [0.1, 0.15) is 24.9 Å². The van der Waals surface area contributed by atoms with Gasteiger partial charge >= 0.3 is 0 Å². The van der Waals surface area contributed by atoms with E-state index in [9.17, 15) is 4.79 Å². The number of nitrogens with one attached hydrogen (secondary N) is 1. The third-order valence-electron chi connectivity index (χ3n) is 4.94. The van der Waals surface area contributed by atoms with E-state index in [1.54, 1.807) is 7.11 Å². The largest absolute Gasteiger partial charge is 0.496 e. The molecule has 1 atom stereocenters. The summed E-state index contributed by atoms with van der Waals surface area (Å²) in [6, 6.07) is 12.1. The molecule has 0 saturated heterocycles. The van der Waals surface area contributed by atoms with Gasteiger partial charge in [0.15, 0.2) is 0 Å². The molecule has 0 aliphatic heterocycles. The fourth-order valence-electron chi connectivity index (χ4n) is 3.47. The van der Waals surface area contributed by atoms with E-state index >= 15 is 0 Å². The molecule has 0 bridgehead atoms. The molecule has 0 saturated carbocycles. The topological polar surface area (TPSA) is 68.1 Å². The molecule has 0 radical (unpaired) electrons. The minimum atomic E-state index is -0.0943. The van der Waals surface area contributed by atoms with Crippen molar-refractivity contribution in [2.75, 3.05) is 7.11 Å². The van der Waals surface area contributed by atoms with Crippen molar-refractivity contribution in [1.29, 1.82) is 0 Å². The number of H-pyrrole nitrogens is 1. The van der Waals surface area contributed by atoms with Crippen LogP contribution in [-0.4, -0.2) is 12.1 Å². The van der Waals surface area contributed by atoms with Gasteiger partial charge in [-0.2, -0.15) is 0 Å². The molecular formula is C21H20N2O2S2. The lowest BCUT2D eigenvalue weighted by Gasteiger charge is -2.16. The lowest BCUT2D eigenvalue weighted by Crippen LogP contribution is -2.08. The van der Waals surface area contributed by atoms with E-state index in [0.717, 1.165) is 45.1 Å². The molecule has 0 aliphatic carbocycles. The Balaban J connectivity index is 2.08. The molecule has 2 aromatic heterocycles. The molecule has 0 unspecified atom stereocenters. The second-order valence-electron chi connectivity index (χ2n) is 6.48. The molecule has 4 aromatic rings. The van der Waals surface area contributed by atoms with E-state index in [1.807, 2.05) is 17.5 Å². The number of ether oxygens (including phenoxy) is 1. The predicted molar refractivity (Wildman–Crippen MR) is 116 cm³/mol. The van der Waals surface area contributed by atoms with Gasteiger partial charge in [-0.05, 0) is 35.1 Å². The van der Waals surface area contributed by atoms with Crippen LogP contribution in [0.2, 0.25) is 0 Å². The fraction of sp³-hybridized carbons (Fsp3) is 0.190. The number of aromatic nitrogens is 1. The van der Waals surface area contributed by atoms with Crippen LogP contribution < -0.4 is 16.0 Å². The summed E-state index contributed by atoms with van der Waals surface area (Å²) < 4.78 is 6.38. The van der Waals surface area contributed by atoms with E-state index < -0.39 is 0 Å². The number of thiol groups is 1. The van der Waals surface area contributed by atoms with Crippen molar-refractivity contribution < 1.29 is 4.74 Å². The lowest BCUT2D eigenvalue weighted by molar-refractivity contribution is 0.416. The molecule has 138 valence electrons. The molecule has 3 N–H and O–H groups in total. The molecule has 4 nitrogen and oxygen atoms in total. The monoisotopic (exact) mass is 396 g/mol. The number of aromatic amines is 1. The summed E-state index contributed by atoms with van der Waals surface area (Å²) in [6.45, 7) is 2.07. The van der Waals surface area contributed by atoms with Crippen LogP contribution in [-0.2, 0) is 0 Å². The number of hydrogen-bond donors (Lipinski definition) is 3. The number of rotatable bonds is 4. The molecule has 0 aliphatic rings. The smallest absolute Gasteiger partial charge is 0.266 e. The molecule has 6 heteroatoms. The van der Waals surface area contributed by atoms with Crippen molar-refractivity contribution in [3.8, 4) is 16.9 Å². The van der Waals surface area contributed by atoms with Gasteiger partial charge in [-0.3, -0.25) is 4.79 Å². The number of thiophene rings is 1. The summed E-state index contributed by atoms with van der Waals surface area (Å²) in [5, 5.41) is 3.80. The molecule has 0 spiro atoms. The first kappa shape index (κ1) is 18.1. The maximum atomic E-state index is 12.4. The second-order valence-corrected chi connectivity index (χ2v) is 7.88. The first-order valence-corrected chi connectivity index (χ1v) is 10.1. The summed E-state index contributed by atoms with van der Waals surface area (Å²) in [5.41, 5.74) is 9.84. The van der Waals surface area contributed by atoms with Gasteiger partial charge in [0.2, 0.25) is 0 Å². The molecular weight excluding hydrogens is 376 g/mol. The molecule has 27 heavy (non-hydrogen) atoms. The third-order valence-corrected chi connectivity index (χ3v) is 6.20. The van der Waals surface area contributed by atoms with Gasteiger partial charge in [-0.1, -0.05) is 31.2 Å². The summed E-state index contributed by atoms with van der Waals surface area (Å²) in [5.74, 6) is 0.722. The van der Waals surface area contributed by atoms with Crippen molar-refractivity contribution in [3.05, 3.63) is 57.7 Å². The Labute approximate surface area is 166 Å². The SMILES string of the molecule is CC[C@@H](N)c1ccc(-c2c(OC)cc(S)c3[nH]c(=O)c4sccc4c23)cc1. The number of nitrogens with two attached hydrogens (primary N) is 1. The first-order chi connectivity index (χ1) is 13.0. The summed E-state index contributed by atoms with van der Waals surface area (Å²) in [6.07, 6.45) is 0.886. The van der Waals surface area contributed by atoms with Crippen LogP contribution in [0.4, 0.5) is 0 Å². The highest BCUT2D eigenvalue weighted by Gasteiger charge is 2.18. The number of pyridine rings is 1. The Hall–Kier alpha value is -2.28. The number of methoxy groups -OCH3 is 1. The van der Waals surface area contributed by atoms with E-state index in [0.29, 0.717) is 9.60 Å². The highest BCUT2D eigenvalue weighted by atomic mass is 32.1. The summed E-state index contributed by atoms with van der Waals surface area (Å²) in [4.78, 5) is 16.1. The molecule has 0 amide bonds. The first-order valence-electron chi connectivity index (χ1n) is 8.74. The Kier molecular flexibility index (Phi) is 4.72. The lowest BCUT2D eigenvalue weighted by atomic mass is 9.95. The van der Waals surface area contributed by atoms with Crippen LogP contribution in [0.3, 0.4) is 0 Å². The van der Waals surface area contributed by atoms with Gasteiger partial charge < -0.3 is 15.5 Å². The highest BCUT2D eigenvalue weighted by molar-refractivity contribution is 7.80. The van der Waals surface area contributed by atoms with Crippen LogP contribution in [0.15, 0.2) is 51.5 Å². The van der Waals surface area contributed by atoms with Gasteiger partial charge in [-0.25, -0.2) is 0 Å². The van der Waals surface area contributed by atoms with Crippen molar-refractivity contribution in [2.45, 2.75) is 24.3 Å². The fourth-order valence-corrected chi connectivity index (χ4v) is 4.55. The normalized spacial score (nSPS) is 12.6. The van der Waals surface area contributed by atoms with E-state index in [2.05, 4.69) is 48.8 Å². The van der Waals surface area contributed by atoms with Crippen LogP contribution in [0.5, 0.6) is 5.75 Å². The van der Waals surface area contributed by atoms with Crippen molar-refractivity contribution in [3.63, 3.8) is 0 Å². The van der Waals surface area contributed by atoms with Crippen molar-refractivity contribution in [1.82, 2.24) is 4.98 Å². The zero-order chi connectivity index (χ0) is 19.1. The zero-order valence-electron chi connectivity index (χ0n) is 15.1. The summed E-state index contributed by atoms with van der Waals surface area (Å²) >= 11 is 6.02. The maximum Gasteiger partial charge on any atom is 0.266 e. The van der Waals surface area contributed by atoms with Crippen LogP contribution in [0, 0.1) is 0 Å².